The molecule has 35 heavy (non-hydrogen) atoms. The van der Waals surface area contributed by atoms with Gasteiger partial charge in [0.25, 0.3) is 11.8 Å². The van der Waals surface area contributed by atoms with Crippen LogP contribution in [0.4, 0.5) is 44.6 Å². The summed E-state index contributed by atoms with van der Waals surface area (Å²) in [4.78, 5) is 28.7. The molecule has 0 radical (unpaired) electrons. The smallest absolute Gasteiger partial charge is 0.267 e. The molecule has 0 atom stereocenters. The van der Waals surface area contributed by atoms with E-state index in [2.05, 4.69) is 4.98 Å². The number of aromatic nitrogens is 1. The number of rotatable bonds is 3. The second-order valence-corrected chi connectivity index (χ2v) is 7.58. The maximum absolute atomic E-state index is 13.0. The number of hydrogen-bond donors (Lipinski definition) is 1. The molecule has 0 saturated heterocycles. The first kappa shape index (κ1) is 26.0. The Morgan fingerprint density at radius 3 is 1.57 bits per heavy atom. The van der Waals surface area contributed by atoms with Crippen molar-refractivity contribution in [3.8, 4) is 0 Å². The Kier molecular flexibility index (Phi) is 6.83. The molecular weight excluding hydrogens is 517 g/mol. The van der Waals surface area contributed by atoms with E-state index in [1.165, 1.54) is 0 Å². The molecule has 0 aliphatic heterocycles. The van der Waals surface area contributed by atoms with E-state index in [-0.39, 0.29) is 16.3 Å². The number of hydrogen-bond acceptors (Lipinski definition) is 4. The molecule has 5 nitrogen and oxygen atoms in total. The lowest BCUT2D eigenvalue weighted by molar-refractivity contribution is -0.141. The second kappa shape index (κ2) is 9.20. The molecule has 0 bridgehead atoms. The van der Waals surface area contributed by atoms with E-state index in [4.69, 9.17) is 0 Å². The molecule has 0 aliphatic rings. The lowest BCUT2D eigenvalue weighted by atomic mass is 10.1. The zero-order chi connectivity index (χ0) is 26.2. The minimum atomic E-state index is -4.91. The van der Waals surface area contributed by atoms with E-state index in [1.54, 1.807) is 0 Å². The predicted octanol–water partition coefficient (Wildman–Crippen LogP) is 6.19. The van der Waals surface area contributed by atoms with Crippen molar-refractivity contribution in [3.63, 3.8) is 0 Å². The third kappa shape index (κ3) is 6.09. The Morgan fingerprint density at radius 2 is 1.17 bits per heavy atom. The number of thiazole rings is 1. The molecule has 0 aliphatic carbocycles. The maximum atomic E-state index is 13.0. The van der Waals surface area contributed by atoms with Crippen molar-refractivity contribution < 1.29 is 49.1 Å². The Bertz CT molecular complexity index is 1210. The summed E-state index contributed by atoms with van der Waals surface area (Å²) in [6.45, 7) is 0. The third-order valence-corrected chi connectivity index (χ3v) is 5.15. The summed E-state index contributed by atoms with van der Waals surface area (Å²) in [5, 5.41) is 0.109. The second-order valence-electron chi connectivity index (χ2n) is 6.74. The van der Waals surface area contributed by atoms with Crippen LogP contribution in [0.15, 0.2) is 53.9 Å². The fourth-order valence-corrected chi connectivity index (χ4v) is 3.38. The van der Waals surface area contributed by atoms with Crippen LogP contribution in [0, 0.1) is 0 Å². The average molecular weight is 527 g/mol. The number of carbonyl (C=O) groups is 2. The third-order valence-electron chi connectivity index (χ3n) is 4.32. The molecule has 2 amide bonds. The Hall–Kier alpha value is -3.62. The molecular formula is C20H10F9N3O2S. The summed E-state index contributed by atoms with van der Waals surface area (Å²) in [6, 6.07) is 5.24. The topological polar surface area (TPSA) is 62.3 Å². The van der Waals surface area contributed by atoms with Crippen LogP contribution >= 0.6 is 11.3 Å². The van der Waals surface area contributed by atoms with Crippen molar-refractivity contribution in [2.45, 2.75) is 18.5 Å². The van der Waals surface area contributed by atoms with Gasteiger partial charge in [0.05, 0.1) is 11.1 Å². The molecule has 3 aromatic rings. The van der Waals surface area contributed by atoms with Gasteiger partial charge < -0.3 is 0 Å². The standard InChI is InChI=1S/C20H10F9N3O2S/c21-18(22,23)12-5-1-10(2-6-12)15(33)31-32(17-30-14(9-35-17)20(27,28)29)16(34)11-3-7-13(8-4-11)19(24,25)26/h1-9H,(H,31,33). The predicted molar refractivity (Wildman–Crippen MR) is 104 cm³/mol. The molecule has 2 aromatic carbocycles. The normalized spacial score (nSPS) is 12.4. The number of halogens is 9. The minimum Gasteiger partial charge on any atom is -0.267 e. The van der Waals surface area contributed by atoms with Gasteiger partial charge in [0.2, 0.25) is 5.13 Å². The molecule has 0 spiro atoms. The quantitative estimate of drug-likeness (QED) is 0.327. The van der Waals surface area contributed by atoms with Gasteiger partial charge in [-0.3, -0.25) is 15.0 Å². The molecule has 1 aromatic heterocycles. The number of benzene rings is 2. The summed E-state index contributed by atoms with van der Waals surface area (Å²) in [5.74, 6) is -2.44. The van der Waals surface area contributed by atoms with E-state index in [0.717, 1.165) is 24.3 Å². The van der Waals surface area contributed by atoms with Crippen molar-refractivity contribution in [2.75, 3.05) is 5.01 Å². The first-order valence-electron chi connectivity index (χ1n) is 9.10. The van der Waals surface area contributed by atoms with Gasteiger partial charge in [-0.1, -0.05) is 0 Å². The number of hydrazine groups is 1. The number of nitrogens with zero attached hydrogens (tertiary/aromatic N) is 2. The summed E-state index contributed by atoms with van der Waals surface area (Å²) in [5.41, 5.74) is -2.51. The molecule has 15 heteroatoms. The SMILES string of the molecule is O=C(NN(C(=O)c1ccc(C(F)(F)F)cc1)c1nc(C(F)(F)F)cs1)c1ccc(C(F)(F)F)cc1. The molecule has 0 fully saturated rings. The first-order valence-corrected chi connectivity index (χ1v) is 9.98. The van der Waals surface area contributed by atoms with Crippen molar-refractivity contribution in [3.05, 3.63) is 81.9 Å². The fraction of sp³-hybridized carbons (Fsp3) is 0.150. The van der Waals surface area contributed by atoms with Crippen molar-refractivity contribution in [1.82, 2.24) is 10.4 Å². The number of nitrogens with one attached hydrogen (secondary N) is 1. The van der Waals surface area contributed by atoms with Crippen LogP contribution in [0.5, 0.6) is 0 Å². The summed E-state index contributed by atoms with van der Waals surface area (Å²) < 4.78 is 115. The summed E-state index contributed by atoms with van der Waals surface area (Å²) in [6.07, 6.45) is -14.3. The largest absolute Gasteiger partial charge is 0.434 e. The van der Waals surface area contributed by atoms with E-state index in [1.807, 2.05) is 5.43 Å². The molecule has 0 unspecified atom stereocenters. The highest BCUT2D eigenvalue weighted by Gasteiger charge is 2.36. The summed E-state index contributed by atoms with van der Waals surface area (Å²) in [7, 11) is 0. The number of carbonyl (C=O) groups excluding carboxylic acids is 2. The Morgan fingerprint density at radius 1 is 0.714 bits per heavy atom. The lowest BCUT2D eigenvalue weighted by Crippen LogP contribution is -2.46. The van der Waals surface area contributed by atoms with Crippen LogP contribution in [-0.4, -0.2) is 16.8 Å². The first-order chi connectivity index (χ1) is 16.1. The highest BCUT2D eigenvalue weighted by molar-refractivity contribution is 7.14. The van der Waals surface area contributed by atoms with Gasteiger partial charge in [-0.05, 0) is 48.5 Å². The zero-order valence-electron chi connectivity index (χ0n) is 16.7. The molecule has 186 valence electrons. The minimum absolute atomic E-state index is 0.266. The van der Waals surface area contributed by atoms with Gasteiger partial charge in [0.15, 0.2) is 5.69 Å². The van der Waals surface area contributed by atoms with Gasteiger partial charge >= 0.3 is 18.5 Å². The van der Waals surface area contributed by atoms with E-state index < -0.39 is 63.4 Å². The van der Waals surface area contributed by atoms with Crippen molar-refractivity contribution in [2.24, 2.45) is 0 Å². The van der Waals surface area contributed by atoms with Crippen LogP contribution in [0.2, 0.25) is 0 Å². The monoisotopic (exact) mass is 527 g/mol. The van der Waals surface area contributed by atoms with Crippen LogP contribution in [-0.2, 0) is 18.5 Å². The van der Waals surface area contributed by atoms with E-state index >= 15 is 0 Å². The number of alkyl halides is 9. The highest BCUT2D eigenvalue weighted by atomic mass is 32.1. The summed E-state index contributed by atoms with van der Waals surface area (Å²) >= 11 is 0.288. The average Bonchev–Trinajstić information content (AvgIpc) is 3.26. The van der Waals surface area contributed by atoms with Crippen LogP contribution in [0.25, 0.3) is 0 Å². The lowest BCUT2D eigenvalue weighted by Gasteiger charge is -2.21. The van der Waals surface area contributed by atoms with Crippen molar-refractivity contribution in [1.29, 1.82) is 0 Å². The number of amides is 2. The van der Waals surface area contributed by atoms with Gasteiger partial charge in [-0.25, -0.2) is 4.98 Å². The fourth-order valence-electron chi connectivity index (χ4n) is 2.59. The molecule has 1 heterocycles. The van der Waals surface area contributed by atoms with Crippen LogP contribution < -0.4 is 10.4 Å². The van der Waals surface area contributed by atoms with Gasteiger partial charge in [0, 0.05) is 16.5 Å². The Balaban J connectivity index is 1.94. The Labute approximate surface area is 193 Å². The van der Waals surface area contributed by atoms with Gasteiger partial charge in [-0.2, -0.15) is 44.5 Å². The van der Waals surface area contributed by atoms with Gasteiger partial charge in [0.1, 0.15) is 0 Å². The molecule has 0 saturated carbocycles. The van der Waals surface area contributed by atoms with E-state index in [0.29, 0.717) is 29.6 Å². The van der Waals surface area contributed by atoms with E-state index in [9.17, 15) is 49.1 Å². The zero-order valence-corrected chi connectivity index (χ0v) is 17.5. The molecule has 3 rings (SSSR count). The van der Waals surface area contributed by atoms with Crippen LogP contribution in [0.1, 0.15) is 37.5 Å². The highest BCUT2D eigenvalue weighted by Crippen LogP contribution is 2.34. The van der Waals surface area contributed by atoms with Crippen LogP contribution in [0.3, 0.4) is 0 Å². The maximum Gasteiger partial charge on any atom is 0.434 e. The number of anilines is 1. The van der Waals surface area contributed by atoms with Gasteiger partial charge in [-0.15, -0.1) is 11.3 Å². The van der Waals surface area contributed by atoms with Crippen molar-refractivity contribution >= 4 is 28.3 Å². The molecule has 1 N–H and O–H groups in total.